The van der Waals surface area contributed by atoms with E-state index in [4.69, 9.17) is 11.6 Å². The molecule has 2 atom stereocenters. The number of alkyl halides is 1. The number of imidazole rings is 1. The molecule has 1 heterocycles. The Morgan fingerprint density at radius 3 is 2.62 bits per heavy atom. The second-order valence-electron chi connectivity index (χ2n) is 6.74. The van der Waals surface area contributed by atoms with Crippen LogP contribution in [-0.4, -0.2) is 9.97 Å². The predicted molar refractivity (Wildman–Crippen MR) is 91.0 cm³/mol. The van der Waals surface area contributed by atoms with Gasteiger partial charge in [0, 0.05) is 4.47 Å². The molecule has 0 bridgehead atoms. The van der Waals surface area contributed by atoms with Gasteiger partial charge in [-0.3, -0.25) is 0 Å². The van der Waals surface area contributed by atoms with Crippen molar-refractivity contribution >= 4 is 38.6 Å². The number of halogens is 2. The van der Waals surface area contributed by atoms with Crippen LogP contribution >= 0.6 is 27.5 Å². The summed E-state index contributed by atoms with van der Waals surface area (Å²) in [5.74, 6) is 0.451. The average molecular weight is 372 g/mol. The van der Waals surface area contributed by atoms with Crippen LogP contribution in [0.25, 0.3) is 11.0 Å². The van der Waals surface area contributed by atoms with Crippen LogP contribution in [0.1, 0.15) is 50.5 Å². The molecule has 1 saturated carbocycles. The van der Waals surface area contributed by atoms with Crippen LogP contribution in [0, 0.1) is 11.3 Å². The SMILES string of the molecule is CC1(C)CCCCC1C(Cl)c1cc2[nH]c(=O)[nH]c2cc1Br. The van der Waals surface area contributed by atoms with Crippen molar-refractivity contribution in [1.29, 1.82) is 0 Å². The summed E-state index contributed by atoms with van der Waals surface area (Å²) in [5.41, 5.74) is 2.77. The van der Waals surface area contributed by atoms with Gasteiger partial charge in [0.25, 0.3) is 0 Å². The van der Waals surface area contributed by atoms with Crippen molar-refractivity contribution in [3.05, 3.63) is 32.7 Å². The van der Waals surface area contributed by atoms with Crippen molar-refractivity contribution in [3.63, 3.8) is 0 Å². The molecule has 0 spiro atoms. The van der Waals surface area contributed by atoms with Gasteiger partial charge in [0.15, 0.2) is 0 Å². The van der Waals surface area contributed by atoms with Gasteiger partial charge in [0.1, 0.15) is 0 Å². The number of aromatic nitrogens is 2. The molecule has 5 heteroatoms. The topological polar surface area (TPSA) is 48.6 Å². The molecular weight excluding hydrogens is 352 g/mol. The highest BCUT2D eigenvalue weighted by molar-refractivity contribution is 9.10. The van der Waals surface area contributed by atoms with Crippen LogP contribution in [0.4, 0.5) is 0 Å². The fraction of sp³-hybridized carbons (Fsp3) is 0.562. The van der Waals surface area contributed by atoms with Gasteiger partial charge in [-0.05, 0) is 41.9 Å². The van der Waals surface area contributed by atoms with E-state index in [0.29, 0.717) is 5.92 Å². The van der Waals surface area contributed by atoms with Crippen molar-refractivity contribution in [2.24, 2.45) is 11.3 Å². The Morgan fingerprint density at radius 2 is 1.95 bits per heavy atom. The van der Waals surface area contributed by atoms with E-state index in [1.807, 2.05) is 12.1 Å². The fourth-order valence-electron chi connectivity index (χ4n) is 3.56. The van der Waals surface area contributed by atoms with Crippen LogP contribution < -0.4 is 5.69 Å². The quantitative estimate of drug-likeness (QED) is 0.708. The highest BCUT2D eigenvalue weighted by Gasteiger charge is 2.38. The van der Waals surface area contributed by atoms with Gasteiger partial charge < -0.3 is 9.97 Å². The molecule has 2 aromatic rings. The van der Waals surface area contributed by atoms with E-state index < -0.39 is 0 Å². The maximum Gasteiger partial charge on any atom is 0.323 e. The molecule has 0 amide bonds. The number of fused-ring (bicyclic) bond motifs is 1. The van der Waals surface area contributed by atoms with Gasteiger partial charge in [-0.15, -0.1) is 11.6 Å². The maximum atomic E-state index is 11.4. The molecule has 1 aromatic heterocycles. The zero-order valence-electron chi connectivity index (χ0n) is 12.3. The average Bonchev–Trinajstić information content (AvgIpc) is 2.75. The smallest absolute Gasteiger partial charge is 0.306 e. The summed E-state index contributed by atoms with van der Waals surface area (Å²) in [6.07, 6.45) is 4.92. The van der Waals surface area contributed by atoms with E-state index >= 15 is 0 Å². The number of nitrogens with one attached hydrogen (secondary N) is 2. The highest BCUT2D eigenvalue weighted by atomic mass is 79.9. The van der Waals surface area contributed by atoms with Crippen molar-refractivity contribution in [3.8, 4) is 0 Å². The van der Waals surface area contributed by atoms with E-state index in [-0.39, 0.29) is 16.5 Å². The molecule has 3 nitrogen and oxygen atoms in total. The fourth-order valence-corrected chi connectivity index (χ4v) is 4.93. The lowest BCUT2D eigenvalue weighted by Crippen LogP contribution is -2.31. The molecule has 1 aliphatic carbocycles. The molecule has 2 N–H and O–H groups in total. The van der Waals surface area contributed by atoms with E-state index in [9.17, 15) is 4.79 Å². The van der Waals surface area contributed by atoms with Crippen molar-refractivity contribution < 1.29 is 0 Å². The van der Waals surface area contributed by atoms with Gasteiger partial charge >= 0.3 is 5.69 Å². The highest BCUT2D eigenvalue weighted by Crippen LogP contribution is 2.50. The molecule has 1 aliphatic rings. The largest absolute Gasteiger partial charge is 0.323 e. The predicted octanol–water partition coefficient (Wildman–Crippen LogP) is 5.12. The normalized spacial score (nSPS) is 23.3. The summed E-state index contributed by atoms with van der Waals surface area (Å²) in [6, 6.07) is 3.94. The van der Waals surface area contributed by atoms with Gasteiger partial charge in [-0.2, -0.15) is 0 Å². The third-order valence-corrected chi connectivity index (χ3v) is 6.10. The Bertz CT molecular complexity index is 719. The third kappa shape index (κ3) is 2.80. The van der Waals surface area contributed by atoms with E-state index in [1.54, 1.807) is 0 Å². The Morgan fingerprint density at radius 1 is 1.29 bits per heavy atom. The van der Waals surface area contributed by atoms with Crippen LogP contribution in [0.15, 0.2) is 21.4 Å². The summed E-state index contributed by atoms with van der Waals surface area (Å²) in [6.45, 7) is 4.63. The van der Waals surface area contributed by atoms with Crippen molar-refractivity contribution in [2.45, 2.75) is 44.9 Å². The summed E-state index contributed by atoms with van der Waals surface area (Å²) in [4.78, 5) is 17.0. The summed E-state index contributed by atoms with van der Waals surface area (Å²) < 4.78 is 0.964. The molecule has 1 aromatic carbocycles. The number of hydrogen-bond acceptors (Lipinski definition) is 1. The van der Waals surface area contributed by atoms with E-state index in [1.165, 1.54) is 19.3 Å². The number of benzene rings is 1. The van der Waals surface area contributed by atoms with Gasteiger partial charge in [-0.25, -0.2) is 4.79 Å². The lowest BCUT2D eigenvalue weighted by molar-refractivity contribution is 0.133. The molecular formula is C16H20BrClN2O. The zero-order chi connectivity index (χ0) is 15.2. The van der Waals surface area contributed by atoms with E-state index in [0.717, 1.165) is 27.5 Å². The van der Waals surface area contributed by atoms with Crippen molar-refractivity contribution in [2.75, 3.05) is 0 Å². The maximum absolute atomic E-state index is 11.4. The van der Waals surface area contributed by atoms with Crippen LogP contribution in [0.5, 0.6) is 0 Å². The Labute approximate surface area is 137 Å². The van der Waals surface area contributed by atoms with E-state index in [2.05, 4.69) is 39.7 Å². The molecule has 0 saturated heterocycles. The summed E-state index contributed by atoms with van der Waals surface area (Å²) in [7, 11) is 0. The standard InChI is InChI=1S/C16H20BrClN2O/c1-16(2)6-4-3-5-10(16)14(18)9-7-12-13(8-11(9)17)20-15(21)19-12/h7-8,10,14H,3-6H2,1-2H3,(H2,19,20,21). The molecule has 2 unspecified atom stereocenters. The lowest BCUT2D eigenvalue weighted by atomic mass is 9.66. The molecule has 0 aliphatic heterocycles. The van der Waals surface area contributed by atoms with Crippen LogP contribution in [-0.2, 0) is 0 Å². The summed E-state index contributed by atoms with van der Waals surface area (Å²) in [5, 5.41) is -0.0440. The molecule has 1 fully saturated rings. The Kier molecular flexibility index (Phi) is 3.95. The molecule has 0 radical (unpaired) electrons. The minimum Gasteiger partial charge on any atom is -0.306 e. The van der Waals surface area contributed by atoms with Crippen LogP contribution in [0.3, 0.4) is 0 Å². The minimum atomic E-state index is -0.182. The molecule has 21 heavy (non-hydrogen) atoms. The minimum absolute atomic E-state index is 0.0440. The first-order chi connectivity index (χ1) is 9.88. The first-order valence-corrected chi connectivity index (χ1v) is 8.67. The van der Waals surface area contributed by atoms with Gasteiger partial charge in [0.05, 0.1) is 16.4 Å². The molecule has 3 rings (SSSR count). The second-order valence-corrected chi connectivity index (χ2v) is 8.07. The van der Waals surface area contributed by atoms with Gasteiger partial charge in [0.2, 0.25) is 0 Å². The lowest BCUT2D eigenvalue weighted by Gasteiger charge is -2.41. The Hall–Kier alpha value is -0.740. The van der Waals surface area contributed by atoms with Crippen molar-refractivity contribution in [1.82, 2.24) is 9.97 Å². The first kappa shape index (κ1) is 15.2. The number of rotatable bonds is 2. The first-order valence-electron chi connectivity index (χ1n) is 7.44. The monoisotopic (exact) mass is 370 g/mol. The summed E-state index contributed by atoms with van der Waals surface area (Å²) >= 11 is 10.5. The number of hydrogen-bond donors (Lipinski definition) is 2. The Balaban J connectivity index is 2.02. The molecule has 114 valence electrons. The third-order valence-electron chi connectivity index (χ3n) is 4.87. The van der Waals surface area contributed by atoms with Crippen LogP contribution in [0.2, 0.25) is 0 Å². The number of aromatic amines is 2. The zero-order valence-corrected chi connectivity index (χ0v) is 14.6. The number of H-pyrrole nitrogens is 2. The second kappa shape index (κ2) is 5.47. The van der Waals surface area contributed by atoms with Gasteiger partial charge in [-0.1, -0.05) is 42.6 Å².